The largest absolute Gasteiger partial charge is 0.464 e. The van der Waals surface area contributed by atoms with Gasteiger partial charge >= 0.3 is 0 Å². The van der Waals surface area contributed by atoms with Crippen molar-refractivity contribution in [2.24, 2.45) is 0 Å². The van der Waals surface area contributed by atoms with Crippen LogP contribution in [0.3, 0.4) is 0 Å². The fourth-order valence-electron chi connectivity index (χ4n) is 2.52. The standard InChI is InChI=1S/C17H19N3O/c1-4-14-11(3)16(18-5-2)20-17(19-14)13-10-21-15-9-7-6-8-12(13)15/h6-10H,4-5H2,1-3H3,(H,18,19,20). The normalized spacial score (nSPS) is 11.0. The fraction of sp³-hybridized carbons (Fsp3) is 0.294. The molecule has 4 heteroatoms. The zero-order chi connectivity index (χ0) is 14.8. The summed E-state index contributed by atoms with van der Waals surface area (Å²) < 4.78 is 5.61. The van der Waals surface area contributed by atoms with E-state index in [1.165, 1.54) is 0 Å². The average Bonchev–Trinajstić information content (AvgIpc) is 2.93. The fourth-order valence-corrected chi connectivity index (χ4v) is 2.52. The molecule has 0 aliphatic carbocycles. The summed E-state index contributed by atoms with van der Waals surface area (Å²) in [4.78, 5) is 9.40. The van der Waals surface area contributed by atoms with Gasteiger partial charge in [0, 0.05) is 23.2 Å². The van der Waals surface area contributed by atoms with E-state index < -0.39 is 0 Å². The lowest BCUT2D eigenvalue weighted by Gasteiger charge is -2.11. The summed E-state index contributed by atoms with van der Waals surface area (Å²) in [7, 11) is 0. The van der Waals surface area contributed by atoms with Crippen LogP contribution >= 0.6 is 0 Å². The van der Waals surface area contributed by atoms with E-state index in [1.807, 2.05) is 24.3 Å². The van der Waals surface area contributed by atoms with Crippen LogP contribution < -0.4 is 5.32 Å². The highest BCUT2D eigenvalue weighted by Gasteiger charge is 2.14. The maximum absolute atomic E-state index is 5.61. The van der Waals surface area contributed by atoms with E-state index in [2.05, 4.69) is 31.1 Å². The van der Waals surface area contributed by atoms with Gasteiger partial charge in [-0.25, -0.2) is 9.97 Å². The number of fused-ring (bicyclic) bond motifs is 1. The molecule has 1 N–H and O–H groups in total. The molecular weight excluding hydrogens is 262 g/mol. The van der Waals surface area contributed by atoms with Gasteiger partial charge in [-0.1, -0.05) is 25.1 Å². The Balaban J connectivity index is 2.19. The molecule has 0 unspecified atom stereocenters. The van der Waals surface area contributed by atoms with E-state index in [9.17, 15) is 0 Å². The number of rotatable bonds is 4. The molecule has 108 valence electrons. The molecule has 4 nitrogen and oxygen atoms in total. The number of hydrogen-bond acceptors (Lipinski definition) is 4. The highest BCUT2D eigenvalue weighted by Crippen LogP contribution is 2.30. The number of nitrogens with one attached hydrogen (secondary N) is 1. The van der Waals surface area contributed by atoms with Crippen molar-refractivity contribution >= 4 is 16.8 Å². The molecule has 0 bridgehead atoms. The topological polar surface area (TPSA) is 51.0 Å². The van der Waals surface area contributed by atoms with Crippen molar-refractivity contribution in [2.45, 2.75) is 27.2 Å². The molecule has 2 heterocycles. The van der Waals surface area contributed by atoms with Gasteiger partial charge in [0.1, 0.15) is 17.7 Å². The molecule has 0 saturated heterocycles. The SMILES string of the molecule is CCNc1nc(-c2coc3ccccc23)nc(CC)c1C. The second-order valence-electron chi connectivity index (χ2n) is 5.00. The minimum absolute atomic E-state index is 0.721. The lowest BCUT2D eigenvalue weighted by atomic mass is 10.1. The first kappa shape index (κ1) is 13.6. The van der Waals surface area contributed by atoms with Gasteiger partial charge in [0.05, 0.1) is 5.56 Å². The van der Waals surface area contributed by atoms with Crippen LogP contribution in [0.1, 0.15) is 25.1 Å². The van der Waals surface area contributed by atoms with E-state index >= 15 is 0 Å². The van der Waals surface area contributed by atoms with Crippen molar-refractivity contribution in [3.63, 3.8) is 0 Å². The third-order valence-corrected chi connectivity index (χ3v) is 3.65. The Kier molecular flexibility index (Phi) is 3.60. The Hall–Kier alpha value is -2.36. The molecule has 3 aromatic rings. The molecule has 0 spiro atoms. The number of benzene rings is 1. The molecule has 3 rings (SSSR count). The Bertz CT molecular complexity index is 777. The Labute approximate surface area is 124 Å². The van der Waals surface area contributed by atoms with Crippen LogP contribution in [0.2, 0.25) is 0 Å². The highest BCUT2D eigenvalue weighted by atomic mass is 16.3. The first-order valence-corrected chi connectivity index (χ1v) is 7.32. The summed E-state index contributed by atoms with van der Waals surface area (Å²) in [5.41, 5.74) is 4.00. The zero-order valence-corrected chi connectivity index (χ0v) is 12.6. The summed E-state index contributed by atoms with van der Waals surface area (Å²) in [5.74, 6) is 1.63. The molecule has 0 aliphatic rings. The van der Waals surface area contributed by atoms with Crippen LogP contribution in [0.25, 0.3) is 22.4 Å². The third kappa shape index (κ3) is 2.37. The van der Waals surface area contributed by atoms with Crippen LogP contribution in [0.5, 0.6) is 0 Å². The summed E-state index contributed by atoms with van der Waals surface area (Å²) in [6.07, 6.45) is 2.63. The van der Waals surface area contributed by atoms with Crippen LogP contribution in [0.15, 0.2) is 34.9 Å². The number of aryl methyl sites for hydroxylation is 1. The number of furan rings is 1. The molecular formula is C17H19N3O. The molecule has 0 radical (unpaired) electrons. The minimum atomic E-state index is 0.721. The van der Waals surface area contributed by atoms with E-state index in [1.54, 1.807) is 6.26 Å². The average molecular weight is 281 g/mol. The Morgan fingerprint density at radius 2 is 1.95 bits per heavy atom. The molecule has 2 aromatic heterocycles. The molecule has 0 atom stereocenters. The molecule has 0 fully saturated rings. The molecule has 0 saturated carbocycles. The number of aromatic nitrogens is 2. The third-order valence-electron chi connectivity index (χ3n) is 3.65. The molecule has 1 aromatic carbocycles. The van der Waals surface area contributed by atoms with Gasteiger partial charge in [-0.05, 0) is 26.3 Å². The quantitative estimate of drug-likeness (QED) is 0.779. The van der Waals surface area contributed by atoms with Crippen LogP contribution in [0.4, 0.5) is 5.82 Å². The van der Waals surface area contributed by atoms with Crippen molar-refractivity contribution in [3.05, 3.63) is 41.8 Å². The van der Waals surface area contributed by atoms with Crippen LogP contribution in [-0.2, 0) is 6.42 Å². The van der Waals surface area contributed by atoms with Gasteiger partial charge in [-0.15, -0.1) is 0 Å². The molecule has 0 aliphatic heterocycles. The first-order valence-electron chi connectivity index (χ1n) is 7.32. The number of para-hydroxylation sites is 1. The molecule has 0 amide bonds. The van der Waals surface area contributed by atoms with E-state index in [0.29, 0.717) is 0 Å². The van der Waals surface area contributed by atoms with E-state index in [-0.39, 0.29) is 0 Å². The van der Waals surface area contributed by atoms with E-state index in [4.69, 9.17) is 9.40 Å². The second kappa shape index (κ2) is 5.56. The van der Waals surface area contributed by atoms with Gasteiger partial charge in [0.15, 0.2) is 5.82 Å². The predicted octanol–water partition coefficient (Wildman–Crippen LogP) is 4.19. The van der Waals surface area contributed by atoms with Crippen molar-refractivity contribution in [1.82, 2.24) is 9.97 Å². The van der Waals surface area contributed by atoms with Crippen molar-refractivity contribution in [3.8, 4) is 11.4 Å². The number of anilines is 1. The van der Waals surface area contributed by atoms with Gasteiger partial charge in [0.2, 0.25) is 0 Å². The number of hydrogen-bond donors (Lipinski definition) is 1. The smallest absolute Gasteiger partial charge is 0.165 e. The second-order valence-corrected chi connectivity index (χ2v) is 5.00. The minimum Gasteiger partial charge on any atom is -0.464 e. The maximum atomic E-state index is 5.61. The number of nitrogens with zero attached hydrogens (tertiary/aromatic N) is 2. The van der Waals surface area contributed by atoms with Gasteiger partial charge in [0.25, 0.3) is 0 Å². The van der Waals surface area contributed by atoms with Crippen molar-refractivity contribution in [1.29, 1.82) is 0 Å². The lowest BCUT2D eigenvalue weighted by Crippen LogP contribution is -2.07. The lowest BCUT2D eigenvalue weighted by molar-refractivity contribution is 0.616. The van der Waals surface area contributed by atoms with E-state index in [0.717, 1.165) is 52.4 Å². The zero-order valence-electron chi connectivity index (χ0n) is 12.6. The summed E-state index contributed by atoms with van der Waals surface area (Å²) >= 11 is 0. The summed E-state index contributed by atoms with van der Waals surface area (Å²) in [6, 6.07) is 7.96. The van der Waals surface area contributed by atoms with Crippen molar-refractivity contribution in [2.75, 3.05) is 11.9 Å². The maximum Gasteiger partial charge on any atom is 0.165 e. The van der Waals surface area contributed by atoms with Gasteiger partial charge < -0.3 is 9.73 Å². The summed E-state index contributed by atoms with van der Waals surface area (Å²) in [6.45, 7) is 7.09. The van der Waals surface area contributed by atoms with Crippen molar-refractivity contribution < 1.29 is 4.42 Å². The van der Waals surface area contributed by atoms with Crippen LogP contribution in [0, 0.1) is 6.92 Å². The highest BCUT2D eigenvalue weighted by molar-refractivity contribution is 5.92. The summed E-state index contributed by atoms with van der Waals surface area (Å²) in [5, 5.41) is 4.37. The molecule has 21 heavy (non-hydrogen) atoms. The monoisotopic (exact) mass is 281 g/mol. The Morgan fingerprint density at radius 3 is 2.71 bits per heavy atom. The predicted molar refractivity (Wildman–Crippen MR) is 85.5 cm³/mol. The Morgan fingerprint density at radius 1 is 1.14 bits per heavy atom. The van der Waals surface area contributed by atoms with Gasteiger partial charge in [-0.3, -0.25) is 0 Å². The van der Waals surface area contributed by atoms with Crippen LogP contribution in [-0.4, -0.2) is 16.5 Å². The van der Waals surface area contributed by atoms with Gasteiger partial charge in [-0.2, -0.15) is 0 Å². The first-order chi connectivity index (χ1) is 10.2.